The topological polar surface area (TPSA) is 68.8 Å². The summed E-state index contributed by atoms with van der Waals surface area (Å²) in [7, 11) is 3.73. The molecule has 0 unspecified atom stereocenters. The average Bonchev–Trinajstić information content (AvgIpc) is 2.34. The Morgan fingerprint density at radius 2 is 2.27 bits per heavy atom. The van der Waals surface area contributed by atoms with Crippen LogP contribution < -0.4 is 11.1 Å². The lowest BCUT2D eigenvalue weighted by Crippen LogP contribution is -2.08. The Morgan fingerprint density at radius 3 is 2.73 bits per heavy atom. The molecule has 0 amide bonds. The van der Waals surface area contributed by atoms with E-state index in [1.54, 1.807) is 0 Å². The molecule has 1 rings (SSSR count). The predicted molar refractivity (Wildman–Crippen MR) is 43.3 cm³/mol. The van der Waals surface area contributed by atoms with E-state index in [1.807, 2.05) is 18.7 Å². The monoisotopic (exact) mass is 155 g/mol. The number of nitrogens with zero attached hydrogens (tertiary/aromatic N) is 3. The molecule has 3 N–H and O–H groups in total. The summed E-state index contributed by atoms with van der Waals surface area (Å²) in [5.74, 6) is 1.69. The third-order valence-electron chi connectivity index (χ3n) is 1.56. The van der Waals surface area contributed by atoms with Crippen LogP contribution in [0.5, 0.6) is 0 Å². The zero-order valence-electron chi connectivity index (χ0n) is 6.83. The molecule has 0 aromatic carbocycles. The fourth-order valence-electron chi connectivity index (χ4n) is 0.926. The first kappa shape index (κ1) is 8.00. The van der Waals surface area contributed by atoms with Crippen LogP contribution in [0.3, 0.4) is 0 Å². The minimum absolute atomic E-state index is 0.607. The fraction of sp³-hybridized carbons (Fsp3) is 0.667. The normalized spacial score (nSPS) is 10.1. The molecule has 11 heavy (non-hydrogen) atoms. The van der Waals surface area contributed by atoms with E-state index in [2.05, 4.69) is 15.5 Å². The maximum atomic E-state index is 5.38. The Bertz CT molecular complexity index is 229. The summed E-state index contributed by atoms with van der Waals surface area (Å²) in [6.45, 7) is 0.607. The molecule has 62 valence electrons. The van der Waals surface area contributed by atoms with E-state index in [4.69, 9.17) is 5.73 Å². The molecule has 0 aliphatic rings. The van der Waals surface area contributed by atoms with Gasteiger partial charge in [-0.25, -0.2) is 0 Å². The van der Waals surface area contributed by atoms with Crippen LogP contribution in [0.4, 0.5) is 5.95 Å². The second kappa shape index (κ2) is 3.34. The van der Waals surface area contributed by atoms with Crippen LogP contribution in [0.1, 0.15) is 5.82 Å². The first-order valence-corrected chi connectivity index (χ1v) is 3.55. The molecule has 1 heterocycles. The summed E-state index contributed by atoms with van der Waals surface area (Å²) in [4.78, 5) is 0. The van der Waals surface area contributed by atoms with Gasteiger partial charge in [0.2, 0.25) is 5.95 Å². The van der Waals surface area contributed by atoms with Crippen molar-refractivity contribution >= 4 is 5.95 Å². The van der Waals surface area contributed by atoms with E-state index < -0.39 is 0 Å². The van der Waals surface area contributed by atoms with Crippen LogP contribution in [0, 0.1) is 0 Å². The molecule has 5 heteroatoms. The Balaban J connectivity index is 2.82. The van der Waals surface area contributed by atoms with Crippen molar-refractivity contribution in [3.8, 4) is 0 Å². The molecule has 0 radical (unpaired) electrons. The molecule has 0 saturated heterocycles. The highest BCUT2D eigenvalue weighted by Gasteiger charge is 2.04. The number of nitrogens with two attached hydrogens (primary N) is 1. The van der Waals surface area contributed by atoms with Gasteiger partial charge in [-0.05, 0) is 6.54 Å². The molecule has 5 nitrogen and oxygen atoms in total. The summed E-state index contributed by atoms with van der Waals surface area (Å²) in [5, 5.41) is 10.8. The number of anilines is 1. The van der Waals surface area contributed by atoms with Crippen molar-refractivity contribution in [1.29, 1.82) is 0 Å². The van der Waals surface area contributed by atoms with Gasteiger partial charge in [0.25, 0.3) is 0 Å². The number of rotatable bonds is 3. The molecule has 0 fully saturated rings. The highest BCUT2D eigenvalue weighted by atomic mass is 15.3. The first-order chi connectivity index (χ1) is 5.29. The molecule has 0 spiro atoms. The first-order valence-electron chi connectivity index (χ1n) is 3.55. The fourth-order valence-corrected chi connectivity index (χ4v) is 0.926. The van der Waals surface area contributed by atoms with Crippen LogP contribution >= 0.6 is 0 Å². The highest BCUT2D eigenvalue weighted by Crippen LogP contribution is 2.02. The maximum Gasteiger partial charge on any atom is 0.224 e. The van der Waals surface area contributed by atoms with Crippen molar-refractivity contribution < 1.29 is 0 Å². The molecule has 0 saturated carbocycles. The van der Waals surface area contributed by atoms with E-state index >= 15 is 0 Å². The second-order valence-corrected chi connectivity index (χ2v) is 2.29. The molecular weight excluding hydrogens is 142 g/mol. The van der Waals surface area contributed by atoms with Gasteiger partial charge in [-0.15, -0.1) is 10.2 Å². The predicted octanol–water partition coefficient (Wildman–Crippen LogP) is -0.642. The lowest BCUT2D eigenvalue weighted by atomic mass is 10.4. The van der Waals surface area contributed by atoms with E-state index in [0.29, 0.717) is 6.54 Å². The molecule has 1 aromatic heterocycles. The number of hydrogen-bond acceptors (Lipinski definition) is 4. The van der Waals surface area contributed by atoms with Gasteiger partial charge < -0.3 is 15.6 Å². The summed E-state index contributed by atoms with van der Waals surface area (Å²) in [6.07, 6.45) is 0.769. The van der Waals surface area contributed by atoms with Crippen molar-refractivity contribution in [2.75, 3.05) is 18.9 Å². The Kier molecular flexibility index (Phi) is 2.43. The van der Waals surface area contributed by atoms with E-state index in [0.717, 1.165) is 18.2 Å². The largest absolute Gasteiger partial charge is 0.357 e. The van der Waals surface area contributed by atoms with Crippen molar-refractivity contribution in [3.63, 3.8) is 0 Å². The summed E-state index contributed by atoms with van der Waals surface area (Å²) in [6, 6.07) is 0. The van der Waals surface area contributed by atoms with Gasteiger partial charge in [0.15, 0.2) is 0 Å². The van der Waals surface area contributed by atoms with Crippen LogP contribution in [0.2, 0.25) is 0 Å². The Hall–Kier alpha value is -1.10. The summed E-state index contributed by atoms with van der Waals surface area (Å²) in [5.41, 5.74) is 5.38. The SMILES string of the molecule is CNc1nnc(CCN)n1C. The van der Waals surface area contributed by atoms with Gasteiger partial charge in [-0.2, -0.15) is 0 Å². The number of nitrogens with one attached hydrogen (secondary N) is 1. The minimum atomic E-state index is 0.607. The molecule has 0 aliphatic heterocycles. The van der Waals surface area contributed by atoms with Crippen LogP contribution in [0.25, 0.3) is 0 Å². The van der Waals surface area contributed by atoms with Crippen molar-refractivity contribution in [2.24, 2.45) is 12.8 Å². The van der Waals surface area contributed by atoms with Gasteiger partial charge in [0.05, 0.1) is 0 Å². The summed E-state index contributed by atoms with van der Waals surface area (Å²) < 4.78 is 1.90. The van der Waals surface area contributed by atoms with Crippen LogP contribution in [-0.2, 0) is 13.5 Å². The molecule has 0 atom stereocenters. The molecule has 1 aromatic rings. The van der Waals surface area contributed by atoms with E-state index in [9.17, 15) is 0 Å². The van der Waals surface area contributed by atoms with Gasteiger partial charge in [0, 0.05) is 20.5 Å². The zero-order chi connectivity index (χ0) is 8.27. The lowest BCUT2D eigenvalue weighted by molar-refractivity contribution is 0.779. The number of aromatic nitrogens is 3. The molecule has 0 aliphatic carbocycles. The Labute approximate surface area is 65.6 Å². The highest BCUT2D eigenvalue weighted by molar-refractivity contribution is 5.23. The maximum absolute atomic E-state index is 5.38. The van der Waals surface area contributed by atoms with E-state index in [-0.39, 0.29) is 0 Å². The second-order valence-electron chi connectivity index (χ2n) is 2.29. The van der Waals surface area contributed by atoms with Crippen molar-refractivity contribution in [2.45, 2.75) is 6.42 Å². The van der Waals surface area contributed by atoms with Gasteiger partial charge in [-0.3, -0.25) is 0 Å². The Morgan fingerprint density at radius 1 is 1.55 bits per heavy atom. The van der Waals surface area contributed by atoms with Crippen molar-refractivity contribution in [1.82, 2.24) is 14.8 Å². The van der Waals surface area contributed by atoms with E-state index in [1.165, 1.54) is 0 Å². The van der Waals surface area contributed by atoms with Gasteiger partial charge in [-0.1, -0.05) is 0 Å². The quantitative estimate of drug-likeness (QED) is 0.609. The number of hydrogen-bond donors (Lipinski definition) is 2. The standard InChI is InChI=1S/C6H13N5/c1-8-6-10-9-5(3-4-7)11(6)2/h3-4,7H2,1-2H3,(H,8,10). The molecule has 0 bridgehead atoms. The minimum Gasteiger partial charge on any atom is -0.357 e. The third-order valence-corrected chi connectivity index (χ3v) is 1.56. The third kappa shape index (κ3) is 1.48. The zero-order valence-corrected chi connectivity index (χ0v) is 6.83. The summed E-state index contributed by atoms with van der Waals surface area (Å²) >= 11 is 0. The van der Waals surface area contributed by atoms with Crippen LogP contribution in [0.15, 0.2) is 0 Å². The smallest absolute Gasteiger partial charge is 0.224 e. The van der Waals surface area contributed by atoms with Gasteiger partial charge in [0.1, 0.15) is 5.82 Å². The molecular formula is C6H13N5. The lowest BCUT2D eigenvalue weighted by Gasteiger charge is -2.00. The van der Waals surface area contributed by atoms with Crippen LogP contribution in [-0.4, -0.2) is 28.4 Å². The average molecular weight is 155 g/mol. The van der Waals surface area contributed by atoms with Crippen molar-refractivity contribution in [3.05, 3.63) is 5.82 Å². The van der Waals surface area contributed by atoms with Gasteiger partial charge >= 0.3 is 0 Å².